The van der Waals surface area contributed by atoms with Crippen molar-refractivity contribution in [3.8, 4) is 0 Å². The molecule has 1 aliphatic heterocycles. The van der Waals surface area contributed by atoms with Gasteiger partial charge in [0.2, 0.25) is 0 Å². The van der Waals surface area contributed by atoms with Crippen molar-refractivity contribution >= 4 is 27.0 Å². The van der Waals surface area contributed by atoms with Gasteiger partial charge in [-0.2, -0.15) is 0 Å². The van der Waals surface area contributed by atoms with Crippen molar-refractivity contribution in [3.05, 3.63) is 28.5 Å². The maximum atomic E-state index is 5.41. The second-order valence-corrected chi connectivity index (χ2v) is 5.46. The number of nitrogens with zero attached hydrogens (tertiary/aromatic N) is 2. The molecule has 1 fully saturated rings. The third-order valence-corrected chi connectivity index (χ3v) is 3.96. The van der Waals surface area contributed by atoms with E-state index in [0.29, 0.717) is 5.92 Å². The van der Waals surface area contributed by atoms with Crippen molar-refractivity contribution in [2.75, 3.05) is 13.2 Å². The van der Waals surface area contributed by atoms with Crippen molar-refractivity contribution in [1.29, 1.82) is 0 Å². The number of fused-ring (bicyclic) bond motifs is 1. The maximum Gasteiger partial charge on any atom is 0.112 e. The van der Waals surface area contributed by atoms with Crippen LogP contribution in [0.25, 0.3) is 11.0 Å². The van der Waals surface area contributed by atoms with Gasteiger partial charge in [0, 0.05) is 30.7 Å². The van der Waals surface area contributed by atoms with Crippen LogP contribution in [-0.2, 0) is 11.8 Å². The summed E-state index contributed by atoms with van der Waals surface area (Å²) in [7, 11) is 2.10. The molecule has 0 unspecified atom stereocenters. The first-order chi connectivity index (χ1) is 8.25. The Labute approximate surface area is 109 Å². The number of halogens is 1. The van der Waals surface area contributed by atoms with Crippen LogP contribution in [0.4, 0.5) is 0 Å². The predicted octanol–water partition coefficient (Wildman–Crippen LogP) is 3.23. The summed E-state index contributed by atoms with van der Waals surface area (Å²) in [6.07, 6.45) is 2.16. The number of hydrogen-bond donors (Lipinski definition) is 0. The first kappa shape index (κ1) is 11.2. The van der Waals surface area contributed by atoms with Gasteiger partial charge in [-0.3, -0.25) is 0 Å². The highest BCUT2D eigenvalue weighted by atomic mass is 79.9. The van der Waals surface area contributed by atoms with Crippen LogP contribution in [0.1, 0.15) is 24.6 Å². The van der Waals surface area contributed by atoms with E-state index < -0.39 is 0 Å². The molecule has 0 aliphatic carbocycles. The van der Waals surface area contributed by atoms with E-state index in [-0.39, 0.29) is 0 Å². The highest BCUT2D eigenvalue weighted by molar-refractivity contribution is 9.10. The Balaban J connectivity index is 2.07. The summed E-state index contributed by atoms with van der Waals surface area (Å²) >= 11 is 3.51. The van der Waals surface area contributed by atoms with Crippen LogP contribution in [0.5, 0.6) is 0 Å². The molecule has 3 rings (SSSR count). The lowest BCUT2D eigenvalue weighted by Crippen LogP contribution is -2.17. The molecule has 2 aromatic rings. The third kappa shape index (κ3) is 2.00. The average Bonchev–Trinajstić information content (AvgIpc) is 2.68. The lowest BCUT2D eigenvalue weighted by molar-refractivity contribution is 0.0831. The smallest absolute Gasteiger partial charge is 0.112 e. The van der Waals surface area contributed by atoms with Gasteiger partial charge in [0.05, 0.1) is 11.0 Å². The highest BCUT2D eigenvalue weighted by Crippen LogP contribution is 2.29. The first-order valence-electron chi connectivity index (χ1n) is 5.95. The average molecular weight is 295 g/mol. The van der Waals surface area contributed by atoms with Crippen LogP contribution in [0.3, 0.4) is 0 Å². The van der Waals surface area contributed by atoms with Crippen LogP contribution in [0.15, 0.2) is 22.7 Å². The highest BCUT2D eigenvalue weighted by Gasteiger charge is 2.21. The fraction of sp³-hybridized carbons (Fsp3) is 0.462. The van der Waals surface area contributed by atoms with Gasteiger partial charge in [0.1, 0.15) is 5.82 Å². The van der Waals surface area contributed by atoms with E-state index in [2.05, 4.69) is 39.7 Å². The Morgan fingerprint density at radius 1 is 1.35 bits per heavy atom. The number of rotatable bonds is 1. The Kier molecular flexibility index (Phi) is 2.92. The largest absolute Gasteiger partial charge is 0.381 e. The normalized spacial score (nSPS) is 17.8. The summed E-state index contributed by atoms with van der Waals surface area (Å²) in [6, 6.07) is 6.25. The molecule has 2 heterocycles. The molecule has 0 saturated carbocycles. The number of ether oxygens (including phenoxy) is 1. The maximum absolute atomic E-state index is 5.41. The Hall–Kier alpha value is -0.870. The van der Waals surface area contributed by atoms with Crippen LogP contribution < -0.4 is 0 Å². The van der Waals surface area contributed by atoms with E-state index in [1.807, 2.05) is 6.07 Å². The molecule has 0 spiro atoms. The van der Waals surface area contributed by atoms with E-state index in [1.54, 1.807) is 0 Å². The minimum Gasteiger partial charge on any atom is -0.381 e. The lowest BCUT2D eigenvalue weighted by Gasteiger charge is -2.21. The molecule has 1 aromatic heterocycles. The fourth-order valence-electron chi connectivity index (χ4n) is 2.50. The number of benzene rings is 1. The summed E-state index contributed by atoms with van der Waals surface area (Å²) in [6.45, 7) is 1.72. The molecule has 1 aliphatic rings. The molecule has 0 amide bonds. The Bertz CT molecular complexity index is 544. The van der Waals surface area contributed by atoms with Crippen molar-refractivity contribution in [1.82, 2.24) is 9.55 Å². The molecular formula is C13H15BrN2O. The second kappa shape index (κ2) is 4.42. The van der Waals surface area contributed by atoms with E-state index in [0.717, 1.165) is 36.0 Å². The van der Waals surface area contributed by atoms with Crippen LogP contribution in [-0.4, -0.2) is 22.8 Å². The molecule has 0 bridgehead atoms. The molecule has 1 saturated heterocycles. The van der Waals surface area contributed by atoms with E-state index >= 15 is 0 Å². The van der Waals surface area contributed by atoms with Gasteiger partial charge in [-0.05, 0) is 31.0 Å². The van der Waals surface area contributed by atoms with Gasteiger partial charge >= 0.3 is 0 Å². The molecule has 0 N–H and O–H groups in total. The van der Waals surface area contributed by atoms with Gasteiger partial charge in [-0.1, -0.05) is 15.9 Å². The SMILES string of the molecule is Cn1c(C2CCOCC2)nc2ccc(Br)cc21. The predicted molar refractivity (Wildman–Crippen MR) is 71.2 cm³/mol. The molecular weight excluding hydrogens is 280 g/mol. The van der Waals surface area contributed by atoms with Crippen molar-refractivity contribution < 1.29 is 4.74 Å². The molecule has 0 atom stereocenters. The first-order valence-corrected chi connectivity index (χ1v) is 6.74. The van der Waals surface area contributed by atoms with E-state index in [9.17, 15) is 0 Å². The molecule has 4 heteroatoms. The molecule has 1 aromatic carbocycles. The summed E-state index contributed by atoms with van der Waals surface area (Å²) in [5, 5.41) is 0. The van der Waals surface area contributed by atoms with Gasteiger partial charge < -0.3 is 9.30 Å². The standard InChI is InChI=1S/C13H15BrN2O/c1-16-12-8-10(14)2-3-11(12)15-13(16)9-4-6-17-7-5-9/h2-3,8-9H,4-7H2,1H3. The van der Waals surface area contributed by atoms with Crippen molar-refractivity contribution in [2.45, 2.75) is 18.8 Å². The van der Waals surface area contributed by atoms with Gasteiger partial charge in [-0.15, -0.1) is 0 Å². The summed E-state index contributed by atoms with van der Waals surface area (Å²) in [5.74, 6) is 1.74. The number of aryl methyl sites for hydroxylation is 1. The van der Waals surface area contributed by atoms with Crippen LogP contribution >= 0.6 is 15.9 Å². The van der Waals surface area contributed by atoms with Gasteiger partial charge in [0.15, 0.2) is 0 Å². The van der Waals surface area contributed by atoms with Crippen molar-refractivity contribution in [2.24, 2.45) is 7.05 Å². The van der Waals surface area contributed by atoms with Gasteiger partial charge in [-0.25, -0.2) is 4.98 Å². The summed E-state index contributed by atoms with van der Waals surface area (Å²) in [4.78, 5) is 4.76. The lowest BCUT2D eigenvalue weighted by atomic mass is 9.99. The quantitative estimate of drug-likeness (QED) is 0.807. The topological polar surface area (TPSA) is 27.1 Å². The third-order valence-electron chi connectivity index (χ3n) is 3.46. The van der Waals surface area contributed by atoms with E-state index in [4.69, 9.17) is 9.72 Å². The zero-order chi connectivity index (χ0) is 11.8. The van der Waals surface area contributed by atoms with Crippen LogP contribution in [0, 0.1) is 0 Å². The Morgan fingerprint density at radius 3 is 2.88 bits per heavy atom. The number of hydrogen-bond acceptors (Lipinski definition) is 2. The molecule has 90 valence electrons. The molecule has 3 nitrogen and oxygen atoms in total. The number of imidazole rings is 1. The molecule has 17 heavy (non-hydrogen) atoms. The Morgan fingerprint density at radius 2 is 2.12 bits per heavy atom. The second-order valence-electron chi connectivity index (χ2n) is 4.55. The van der Waals surface area contributed by atoms with Crippen molar-refractivity contribution in [3.63, 3.8) is 0 Å². The zero-order valence-corrected chi connectivity index (χ0v) is 11.4. The summed E-state index contributed by atoms with van der Waals surface area (Å²) < 4.78 is 8.73. The van der Waals surface area contributed by atoms with Crippen LogP contribution in [0.2, 0.25) is 0 Å². The fourth-order valence-corrected chi connectivity index (χ4v) is 2.85. The summed E-state index contributed by atoms with van der Waals surface area (Å²) in [5.41, 5.74) is 2.28. The van der Waals surface area contributed by atoms with Gasteiger partial charge in [0.25, 0.3) is 0 Å². The van der Waals surface area contributed by atoms with E-state index in [1.165, 1.54) is 11.3 Å². The zero-order valence-electron chi connectivity index (χ0n) is 9.82. The monoisotopic (exact) mass is 294 g/mol. The minimum absolute atomic E-state index is 0.542. The number of aromatic nitrogens is 2. The minimum atomic E-state index is 0.542. The molecule has 0 radical (unpaired) electrons.